The van der Waals surface area contributed by atoms with E-state index in [1.807, 2.05) is 0 Å². The molecule has 29 heavy (non-hydrogen) atoms. The van der Waals surface area contributed by atoms with E-state index >= 15 is 0 Å². The number of benzene rings is 1. The van der Waals surface area contributed by atoms with Gasteiger partial charge in [0.25, 0.3) is 11.5 Å². The van der Waals surface area contributed by atoms with Crippen molar-refractivity contribution in [3.8, 4) is 5.69 Å². The molecule has 0 atom stereocenters. The maximum Gasteiger partial charge on any atom is 0.431 e. The van der Waals surface area contributed by atoms with Gasteiger partial charge in [-0.1, -0.05) is 23.2 Å². The highest BCUT2D eigenvalue weighted by Crippen LogP contribution is 2.27. The highest BCUT2D eigenvalue weighted by molar-refractivity contribution is 6.44. The molecule has 0 N–H and O–H groups in total. The molecule has 0 unspecified atom stereocenters. The highest BCUT2D eigenvalue weighted by atomic mass is 35.5. The lowest BCUT2D eigenvalue weighted by molar-refractivity contribution is -0.163. The number of hydroxylamine groups is 2. The number of hydrogen-bond acceptors (Lipinski definition) is 4. The van der Waals surface area contributed by atoms with E-state index in [4.69, 9.17) is 28.0 Å². The lowest BCUT2D eigenvalue weighted by Crippen LogP contribution is -2.40. The summed E-state index contributed by atoms with van der Waals surface area (Å²) in [5, 5.41) is 0.685. The van der Waals surface area contributed by atoms with Crippen LogP contribution in [0.4, 0.5) is 13.2 Å². The first-order valence-corrected chi connectivity index (χ1v) is 8.53. The SMILES string of the molecule is CON(C)C(=O)C(Cl)=Cc1cc(-n2c(=O)cc(C(F)(F)F)n(C)c2=O)ccc1Cl. The van der Waals surface area contributed by atoms with Crippen molar-refractivity contribution < 1.29 is 22.8 Å². The number of rotatable bonds is 4. The third kappa shape index (κ3) is 4.72. The normalized spacial score (nSPS) is 12.2. The van der Waals surface area contributed by atoms with E-state index < -0.39 is 29.0 Å². The third-order valence-corrected chi connectivity index (χ3v) is 4.51. The Balaban J connectivity index is 2.64. The first-order chi connectivity index (χ1) is 13.4. The lowest BCUT2D eigenvalue weighted by atomic mass is 10.1. The van der Waals surface area contributed by atoms with E-state index in [1.165, 1.54) is 38.4 Å². The molecule has 2 rings (SSSR count). The Hall–Kier alpha value is -2.56. The van der Waals surface area contributed by atoms with E-state index in [-0.39, 0.29) is 21.3 Å². The number of amides is 1. The summed E-state index contributed by atoms with van der Waals surface area (Å²) in [4.78, 5) is 41.3. The average Bonchev–Trinajstić information content (AvgIpc) is 2.64. The summed E-state index contributed by atoms with van der Waals surface area (Å²) in [7, 11) is 3.47. The van der Waals surface area contributed by atoms with Crippen molar-refractivity contribution in [1.29, 1.82) is 0 Å². The molecular formula is C17H14Cl2F3N3O4. The predicted octanol–water partition coefficient (Wildman–Crippen LogP) is 2.81. The molecule has 1 aromatic carbocycles. The maximum atomic E-state index is 13.0. The minimum Gasteiger partial charge on any atom is -0.292 e. The molecule has 0 aliphatic carbocycles. The van der Waals surface area contributed by atoms with Gasteiger partial charge >= 0.3 is 11.9 Å². The Morgan fingerprint density at radius 2 is 1.86 bits per heavy atom. The number of halogens is 5. The minimum atomic E-state index is -4.87. The van der Waals surface area contributed by atoms with Crippen LogP contribution in [-0.2, 0) is 22.9 Å². The molecule has 0 spiro atoms. The zero-order valence-corrected chi connectivity index (χ0v) is 16.8. The van der Waals surface area contributed by atoms with Crippen LogP contribution >= 0.6 is 23.2 Å². The average molecular weight is 452 g/mol. The van der Waals surface area contributed by atoms with Crippen LogP contribution < -0.4 is 11.2 Å². The van der Waals surface area contributed by atoms with Crippen molar-refractivity contribution >= 4 is 35.2 Å². The van der Waals surface area contributed by atoms with Gasteiger partial charge in [-0.25, -0.2) is 14.4 Å². The third-order valence-electron chi connectivity index (χ3n) is 3.89. The molecule has 1 aromatic heterocycles. The Labute approximate surface area is 172 Å². The molecule has 0 fully saturated rings. The zero-order valence-electron chi connectivity index (χ0n) is 15.3. The largest absolute Gasteiger partial charge is 0.431 e. The summed E-state index contributed by atoms with van der Waals surface area (Å²) < 4.78 is 39.8. The van der Waals surface area contributed by atoms with Crippen LogP contribution in [0.5, 0.6) is 0 Å². The summed E-state index contributed by atoms with van der Waals surface area (Å²) >= 11 is 12.0. The van der Waals surface area contributed by atoms with Gasteiger partial charge in [0.2, 0.25) is 0 Å². The van der Waals surface area contributed by atoms with Gasteiger partial charge in [0.15, 0.2) is 0 Å². The van der Waals surface area contributed by atoms with E-state index in [0.29, 0.717) is 15.2 Å². The Kier molecular flexibility index (Phi) is 6.61. The van der Waals surface area contributed by atoms with Crippen molar-refractivity contribution in [3.05, 3.63) is 66.4 Å². The van der Waals surface area contributed by atoms with Crippen molar-refractivity contribution in [2.75, 3.05) is 14.2 Å². The van der Waals surface area contributed by atoms with E-state index in [0.717, 1.165) is 12.1 Å². The van der Waals surface area contributed by atoms with Gasteiger partial charge in [0, 0.05) is 25.2 Å². The van der Waals surface area contributed by atoms with Crippen molar-refractivity contribution in [2.45, 2.75) is 6.18 Å². The molecule has 1 heterocycles. The second-order valence-corrected chi connectivity index (χ2v) is 6.54. The highest BCUT2D eigenvalue weighted by Gasteiger charge is 2.35. The van der Waals surface area contributed by atoms with Gasteiger partial charge in [-0.2, -0.15) is 13.2 Å². The van der Waals surface area contributed by atoms with Gasteiger partial charge in [0.1, 0.15) is 10.7 Å². The van der Waals surface area contributed by atoms with Gasteiger partial charge in [-0.15, -0.1) is 0 Å². The van der Waals surface area contributed by atoms with Crippen molar-refractivity contribution in [2.24, 2.45) is 7.05 Å². The van der Waals surface area contributed by atoms with E-state index in [1.54, 1.807) is 0 Å². The fraction of sp³-hybridized carbons (Fsp3) is 0.235. The van der Waals surface area contributed by atoms with Crippen molar-refractivity contribution in [1.82, 2.24) is 14.2 Å². The molecule has 7 nitrogen and oxygen atoms in total. The van der Waals surface area contributed by atoms with Crippen LogP contribution in [0.2, 0.25) is 5.02 Å². The van der Waals surface area contributed by atoms with Crippen LogP contribution in [0.1, 0.15) is 11.3 Å². The molecule has 0 saturated heterocycles. The van der Waals surface area contributed by atoms with Gasteiger partial charge < -0.3 is 0 Å². The van der Waals surface area contributed by atoms with Crippen LogP contribution in [0.3, 0.4) is 0 Å². The number of aromatic nitrogens is 2. The second-order valence-electron chi connectivity index (χ2n) is 5.73. The van der Waals surface area contributed by atoms with Crippen LogP contribution in [0.25, 0.3) is 11.8 Å². The number of hydrogen-bond donors (Lipinski definition) is 0. The molecule has 0 saturated carbocycles. The van der Waals surface area contributed by atoms with Gasteiger partial charge in [0.05, 0.1) is 12.8 Å². The zero-order chi connectivity index (χ0) is 22.1. The number of nitrogens with zero attached hydrogens (tertiary/aromatic N) is 3. The molecule has 12 heteroatoms. The summed E-state index contributed by atoms with van der Waals surface area (Å²) in [6, 6.07) is 4.13. The minimum absolute atomic E-state index is 0.0583. The quantitative estimate of drug-likeness (QED) is 0.529. The van der Waals surface area contributed by atoms with E-state index in [2.05, 4.69) is 0 Å². The van der Waals surface area contributed by atoms with Crippen LogP contribution in [0, 0.1) is 0 Å². The molecule has 2 aromatic rings. The summed E-state index contributed by atoms with van der Waals surface area (Å²) in [5.74, 6) is -0.696. The van der Waals surface area contributed by atoms with Gasteiger partial charge in [-0.3, -0.25) is 19.0 Å². The summed E-state index contributed by atoms with van der Waals surface area (Å²) in [6.07, 6.45) is -3.70. The second kappa shape index (κ2) is 8.44. The first-order valence-electron chi connectivity index (χ1n) is 7.78. The molecule has 156 valence electrons. The standard InChI is InChI=1S/C17H14Cl2F3N3O4/c1-23-13(17(20,21)22)8-14(26)25(16(23)28)10-4-5-11(18)9(6-10)7-12(19)15(27)24(2)29-3/h4-8H,1-3H3. The van der Waals surface area contributed by atoms with Crippen molar-refractivity contribution in [3.63, 3.8) is 0 Å². The smallest absolute Gasteiger partial charge is 0.292 e. The van der Waals surface area contributed by atoms with E-state index in [9.17, 15) is 27.6 Å². The fourth-order valence-electron chi connectivity index (χ4n) is 2.35. The number of likely N-dealkylation sites (N-methyl/N-ethyl adjacent to an activating group) is 1. The molecule has 0 aliphatic rings. The number of alkyl halides is 3. The van der Waals surface area contributed by atoms with Gasteiger partial charge in [-0.05, 0) is 29.8 Å². The Bertz CT molecular complexity index is 1110. The molecule has 0 bridgehead atoms. The fourth-order valence-corrected chi connectivity index (χ4v) is 2.76. The number of carbonyl (C=O) groups excluding carboxylic acids is 1. The maximum absolute atomic E-state index is 13.0. The van der Waals surface area contributed by atoms with Crippen LogP contribution in [0.15, 0.2) is 38.9 Å². The molecular weight excluding hydrogens is 438 g/mol. The number of carbonyl (C=O) groups is 1. The topological polar surface area (TPSA) is 73.5 Å². The summed E-state index contributed by atoms with van der Waals surface area (Å²) in [6.45, 7) is 0. The summed E-state index contributed by atoms with van der Waals surface area (Å²) in [5.41, 5.74) is -3.67. The molecule has 0 aliphatic heterocycles. The monoisotopic (exact) mass is 451 g/mol. The van der Waals surface area contributed by atoms with Crippen LogP contribution in [-0.4, -0.2) is 34.3 Å². The lowest BCUT2D eigenvalue weighted by Gasteiger charge is -2.15. The first kappa shape index (κ1) is 22.7. The molecule has 0 radical (unpaired) electrons. The molecule has 1 amide bonds. The Morgan fingerprint density at radius 1 is 1.24 bits per heavy atom. The Morgan fingerprint density at radius 3 is 2.41 bits per heavy atom. The predicted molar refractivity (Wildman–Crippen MR) is 101 cm³/mol.